The largest absolute Gasteiger partial charge is 0.497 e. The number of fused-ring (bicyclic) bond motifs is 3. The summed E-state index contributed by atoms with van der Waals surface area (Å²) >= 11 is 1.59. The number of hydrogen-bond donors (Lipinski definition) is 1. The molecule has 1 aliphatic carbocycles. The summed E-state index contributed by atoms with van der Waals surface area (Å²) in [6.07, 6.45) is 1.99. The van der Waals surface area contributed by atoms with Crippen LogP contribution in [-0.2, 0) is 12.8 Å². The van der Waals surface area contributed by atoms with Crippen LogP contribution < -0.4 is 10.1 Å². The Kier molecular flexibility index (Phi) is 3.72. The molecular formula is C17H19NO2S. The Morgan fingerprint density at radius 1 is 1.24 bits per heavy atom. The molecule has 3 rings (SSSR count). The quantitative estimate of drug-likeness (QED) is 0.939. The topological polar surface area (TPSA) is 38.3 Å². The lowest BCUT2D eigenvalue weighted by Crippen LogP contribution is -2.29. The Hall–Kier alpha value is -1.81. The average molecular weight is 301 g/mol. The number of nitrogens with one attached hydrogen (secondary N) is 1. The molecule has 4 heteroatoms. The summed E-state index contributed by atoms with van der Waals surface area (Å²) in [5.74, 6) is 0.922. The van der Waals surface area contributed by atoms with Gasteiger partial charge in [-0.05, 0) is 67.6 Å². The highest BCUT2D eigenvalue weighted by Gasteiger charge is 2.22. The van der Waals surface area contributed by atoms with E-state index in [9.17, 15) is 4.79 Å². The fourth-order valence-electron chi connectivity index (χ4n) is 2.68. The third-order valence-electron chi connectivity index (χ3n) is 3.67. The number of ether oxygens (including phenoxy) is 1. The lowest BCUT2D eigenvalue weighted by Gasteiger charge is -2.16. The van der Waals surface area contributed by atoms with Gasteiger partial charge in [-0.3, -0.25) is 4.79 Å². The van der Waals surface area contributed by atoms with Crippen molar-refractivity contribution in [2.45, 2.75) is 32.7 Å². The molecule has 0 radical (unpaired) electrons. The maximum atomic E-state index is 12.2. The van der Waals surface area contributed by atoms with E-state index in [0.29, 0.717) is 0 Å². The molecular weight excluding hydrogens is 282 g/mol. The van der Waals surface area contributed by atoms with Crippen molar-refractivity contribution in [3.63, 3.8) is 0 Å². The van der Waals surface area contributed by atoms with Crippen molar-refractivity contribution in [1.82, 2.24) is 5.32 Å². The Morgan fingerprint density at radius 2 is 2.00 bits per heavy atom. The van der Waals surface area contributed by atoms with Crippen LogP contribution in [0.1, 0.15) is 34.6 Å². The van der Waals surface area contributed by atoms with Crippen LogP contribution >= 0.6 is 11.3 Å². The summed E-state index contributed by atoms with van der Waals surface area (Å²) in [5, 5.41) is 2.96. The van der Waals surface area contributed by atoms with E-state index in [1.807, 2.05) is 26.0 Å². The van der Waals surface area contributed by atoms with Crippen molar-refractivity contribution in [2.24, 2.45) is 0 Å². The third-order valence-corrected chi connectivity index (χ3v) is 4.88. The van der Waals surface area contributed by atoms with E-state index < -0.39 is 0 Å². The minimum Gasteiger partial charge on any atom is -0.497 e. The number of benzene rings is 1. The van der Waals surface area contributed by atoms with Crippen LogP contribution in [-0.4, -0.2) is 19.1 Å². The standard InChI is InChI=1S/C17H19NO2S/c1-10(2)18-17(19)15-9-12-5-4-11-8-13(20-3)6-7-14(11)16(12)21-15/h6-10H,4-5H2,1-3H3,(H,18,19). The van der Waals surface area contributed by atoms with Crippen LogP contribution in [0.25, 0.3) is 10.4 Å². The Bertz CT molecular complexity index is 688. The number of hydrogen-bond acceptors (Lipinski definition) is 3. The van der Waals surface area contributed by atoms with E-state index in [1.165, 1.54) is 21.6 Å². The molecule has 1 aromatic heterocycles. The van der Waals surface area contributed by atoms with E-state index in [0.717, 1.165) is 23.5 Å². The summed E-state index contributed by atoms with van der Waals surface area (Å²) in [6, 6.07) is 8.40. The molecule has 110 valence electrons. The molecule has 2 aromatic rings. The van der Waals surface area contributed by atoms with E-state index in [2.05, 4.69) is 17.4 Å². The molecule has 0 saturated carbocycles. The number of amides is 1. The molecule has 3 nitrogen and oxygen atoms in total. The normalized spacial score (nSPS) is 12.8. The lowest BCUT2D eigenvalue weighted by molar-refractivity contribution is 0.0947. The van der Waals surface area contributed by atoms with Gasteiger partial charge in [-0.2, -0.15) is 0 Å². The second kappa shape index (κ2) is 5.53. The monoisotopic (exact) mass is 301 g/mol. The fourth-order valence-corrected chi connectivity index (χ4v) is 3.86. The molecule has 0 fully saturated rings. The van der Waals surface area contributed by atoms with Gasteiger partial charge >= 0.3 is 0 Å². The van der Waals surface area contributed by atoms with E-state index in [4.69, 9.17) is 4.74 Å². The van der Waals surface area contributed by atoms with Crippen molar-refractivity contribution >= 4 is 17.2 Å². The average Bonchev–Trinajstić information content (AvgIpc) is 2.90. The summed E-state index contributed by atoms with van der Waals surface area (Å²) in [6.45, 7) is 3.96. The maximum absolute atomic E-state index is 12.2. The highest BCUT2D eigenvalue weighted by Crippen LogP contribution is 2.40. The lowest BCUT2D eigenvalue weighted by atomic mass is 9.91. The van der Waals surface area contributed by atoms with Crippen LogP contribution in [0.2, 0.25) is 0 Å². The first-order valence-corrected chi connectivity index (χ1v) is 8.01. The minimum atomic E-state index is 0.0273. The number of carbonyl (C=O) groups excluding carboxylic acids is 1. The number of thiophene rings is 1. The highest BCUT2D eigenvalue weighted by atomic mass is 32.1. The number of rotatable bonds is 3. The van der Waals surface area contributed by atoms with Crippen molar-refractivity contribution in [2.75, 3.05) is 7.11 Å². The van der Waals surface area contributed by atoms with Crippen LogP contribution in [0.15, 0.2) is 24.3 Å². The van der Waals surface area contributed by atoms with Crippen molar-refractivity contribution in [3.8, 4) is 16.2 Å². The van der Waals surface area contributed by atoms with Gasteiger partial charge < -0.3 is 10.1 Å². The maximum Gasteiger partial charge on any atom is 0.261 e. The Balaban J connectivity index is 1.97. The highest BCUT2D eigenvalue weighted by molar-refractivity contribution is 7.17. The number of carbonyl (C=O) groups is 1. The van der Waals surface area contributed by atoms with Gasteiger partial charge in [-0.1, -0.05) is 0 Å². The van der Waals surface area contributed by atoms with Gasteiger partial charge in [0.15, 0.2) is 0 Å². The molecule has 0 unspecified atom stereocenters. The number of methoxy groups -OCH3 is 1. The molecule has 0 atom stereocenters. The summed E-state index contributed by atoms with van der Waals surface area (Å²) < 4.78 is 5.29. The molecule has 1 N–H and O–H groups in total. The van der Waals surface area contributed by atoms with Crippen molar-refractivity contribution in [3.05, 3.63) is 40.3 Å². The summed E-state index contributed by atoms with van der Waals surface area (Å²) in [4.78, 5) is 14.2. The molecule has 1 aromatic carbocycles. The number of aryl methyl sites for hydroxylation is 2. The summed E-state index contributed by atoms with van der Waals surface area (Å²) in [7, 11) is 1.69. The Morgan fingerprint density at radius 3 is 2.71 bits per heavy atom. The first-order chi connectivity index (χ1) is 10.1. The van der Waals surface area contributed by atoms with Crippen LogP contribution in [0.4, 0.5) is 0 Å². The van der Waals surface area contributed by atoms with Crippen LogP contribution in [0, 0.1) is 0 Å². The summed E-state index contributed by atoms with van der Waals surface area (Å²) in [5.41, 5.74) is 3.83. The minimum absolute atomic E-state index is 0.0273. The second-order valence-corrected chi connectivity index (χ2v) is 6.67. The van der Waals surface area contributed by atoms with Gasteiger partial charge in [-0.15, -0.1) is 11.3 Å². The second-order valence-electron chi connectivity index (χ2n) is 5.62. The SMILES string of the molecule is COc1ccc2c(c1)CCc1cc(C(=O)NC(C)C)sc1-2. The van der Waals surface area contributed by atoms with Gasteiger partial charge in [0, 0.05) is 10.9 Å². The molecule has 0 bridgehead atoms. The smallest absolute Gasteiger partial charge is 0.261 e. The molecule has 0 aliphatic heterocycles. The van der Waals surface area contributed by atoms with Crippen LogP contribution in [0.3, 0.4) is 0 Å². The fraction of sp³-hybridized carbons (Fsp3) is 0.353. The van der Waals surface area contributed by atoms with Gasteiger partial charge in [0.05, 0.1) is 12.0 Å². The first-order valence-electron chi connectivity index (χ1n) is 7.19. The third kappa shape index (κ3) is 2.68. The Labute approximate surface area is 129 Å². The predicted octanol–water partition coefficient (Wildman–Crippen LogP) is 3.66. The molecule has 21 heavy (non-hydrogen) atoms. The zero-order valence-corrected chi connectivity index (χ0v) is 13.3. The van der Waals surface area contributed by atoms with Gasteiger partial charge in [0.2, 0.25) is 0 Å². The first kappa shape index (κ1) is 14.1. The van der Waals surface area contributed by atoms with Gasteiger partial charge in [0.1, 0.15) is 5.75 Å². The molecule has 1 aliphatic rings. The van der Waals surface area contributed by atoms with Gasteiger partial charge in [0.25, 0.3) is 5.91 Å². The van der Waals surface area contributed by atoms with Crippen molar-refractivity contribution < 1.29 is 9.53 Å². The van der Waals surface area contributed by atoms with Crippen molar-refractivity contribution in [1.29, 1.82) is 0 Å². The van der Waals surface area contributed by atoms with E-state index >= 15 is 0 Å². The van der Waals surface area contributed by atoms with Crippen LogP contribution in [0.5, 0.6) is 5.75 Å². The molecule has 0 saturated heterocycles. The zero-order valence-electron chi connectivity index (χ0n) is 12.5. The van der Waals surface area contributed by atoms with E-state index in [1.54, 1.807) is 18.4 Å². The van der Waals surface area contributed by atoms with E-state index in [-0.39, 0.29) is 11.9 Å². The predicted molar refractivity (Wildman–Crippen MR) is 86.3 cm³/mol. The van der Waals surface area contributed by atoms with Gasteiger partial charge in [-0.25, -0.2) is 0 Å². The molecule has 1 heterocycles. The molecule has 1 amide bonds. The molecule has 0 spiro atoms. The zero-order chi connectivity index (χ0) is 15.0.